The molecule has 3 heterocycles. The van der Waals surface area contributed by atoms with Crippen molar-refractivity contribution in [3.63, 3.8) is 0 Å². The summed E-state index contributed by atoms with van der Waals surface area (Å²) >= 11 is 0. The number of likely N-dealkylation sites (tertiary alicyclic amines) is 1. The number of anilines is 1. The lowest BCUT2D eigenvalue weighted by atomic mass is 9.96. The molecule has 1 saturated heterocycles. The van der Waals surface area contributed by atoms with Gasteiger partial charge < -0.3 is 0 Å². The molecule has 122 valence electrons. The van der Waals surface area contributed by atoms with Crippen molar-refractivity contribution in [2.75, 3.05) is 18.4 Å². The highest BCUT2D eigenvalue weighted by Gasteiger charge is 2.28. The zero-order valence-electron chi connectivity index (χ0n) is 13.9. The molecule has 0 saturated carbocycles. The van der Waals surface area contributed by atoms with Gasteiger partial charge in [-0.25, -0.2) is 4.68 Å². The van der Waals surface area contributed by atoms with Crippen LogP contribution in [0.3, 0.4) is 0 Å². The van der Waals surface area contributed by atoms with Crippen LogP contribution in [0, 0.1) is 11.8 Å². The molecule has 6 nitrogen and oxygen atoms in total. The lowest BCUT2D eigenvalue weighted by molar-refractivity contribution is -0.118. The highest BCUT2D eigenvalue weighted by atomic mass is 16.2. The molecule has 3 rings (SSSR count). The van der Waals surface area contributed by atoms with E-state index in [1.54, 1.807) is 0 Å². The third kappa shape index (κ3) is 3.32. The molecule has 0 spiro atoms. The molecule has 0 radical (unpaired) electrons. The maximum atomic E-state index is 11.8. The second kappa shape index (κ2) is 6.36. The minimum Gasteiger partial charge on any atom is -0.299 e. The summed E-state index contributed by atoms with van der Waals surface area (Å²) in [6, 6.07) is 0.565. The number of aryl methyl sites for hydroxylation is 1. The molecule has 1 N–H and O–H groups in total. The van der Waals surface area contributed by atoms with E-state index < -0.39 is 0 Å². The van der Waals surface area contributed by atoms with E-state index in [-0.39, 0.29) is 11.8 Å². The van der Waals surface area contributed by atoms with Crippen LogP contribution in [0.25, 0.3) is 0 Å². The predicted octanol–water partition coefficient (Wildman–Crippen LogP) is 1.92. The van der Waals surface area contributed by atoms with Crippen LogP contribution in [-0.2, 0) is 17.8 Å². The van der Waals surface area contributed by atoms with Gasteiger partial charge in [0.15, 0.2) is 0 Å². The lowest BCUT2D eigenvalue weighted by Crippen LogP contribution is -2.45. The van der Waals surface area contributed by atoms with E-state index >= 15 is 0 Å². The summed E-state index contributed by atoms with van der Waals surface area (Å²) in [5.74, 6) is 2.25. The first kappa shape index (κ1) is 15.5. The van der Waals surface area contributed by atoms with E-state index in [1.165, 1.54) is 25.9 Å². The van der Waals surface area contributed by atoms with Gasteiger partial charge in [0.05, 0.1) is 6.54 Å². The molecule has 0 aliphatic carbocycles. The average molecular weight is 305 g/mol. The van der Waals surface area contributed by atoms with Gasteiger partial charge in [0.2, 0.25) is 11.9 Å². The summed E-state index contributed by atoms with van der Waals surface area (Å²) in [4.78, 5) is 18.8. The van der Waals surface area contributed by atoms with Gasteiger partial charge in [-0.2, -0.15) is 4.98 Å². The van der Waals surface area contributed by atoms with Crippen LogP contribution < -0.4 is 5.32 Å². The van der Waals surface area contributed by atoms with Crippen molar-refractivity contribution in [3.8, 4) is 0 Å². The molecule has 1 amide bonds. The second-order valence-corrected chi connectivity index (χ2v) is 7.09. The van der Waals surface area contributed by atoms with Crippen molar-refractivity contribution in [2.24, 2.45) is 11.8 Å². The number of amides is 1. The van der Waals surface area contributed by atoms with Crippen molar-refractivity contribution < 1.29 is 4.79 Å². The van der Waals surface area contributed by atoms with Crippen molar-refractivity contribution >= 4 is 11.9 Å². The standard InChI is InChI=1S/C16H27N5O/c1-11(2)15(22)18-16-17-14-5-4-13(10-21(14)19-16)20-8-6-12(3)7-9-20/h11-13H,4-10H2,1-3H3,(H,18,19,22). The molecule has 6 heteroatoms. The molecular weight excluding hydrogens is 278 g/mol. The quantitative estimate of drug-likeness (QED) is 0.926. The molecule has 1 aromatic rings. The van der Waals surface area contributed by atoms with Crippen LogP contribution in [-0.4, -0.2) is 44.7 Å². The smallest absolute Gasteiger partial charge is 0.248 e. The Morgan fingerprint density at radius 3 is 2.68 bits per heavy atom. The maximum Gasteiger partial charge on any atom is 0.248 e. The molecule has 0 bridgehead atoms. The van der Waals surface area contributed by atoms with Crippen LogP contribution in [0.15, 0.2) is 0 Å². The van der Waals surface area contributed by atoms with Gasteiger partial charge in [0.1, 0.15) is 5.82 Å². The number of piperidine rings is 1. The van der Waals surface area contributed by atoms with E-state index in [2.05, 4.69) is 27.2 Å². The molecule has 1 aromatic heterocycles. The van der Waals surface area contributed by atoms with Crippen molar-refractivity contribution in [1.82, 2.24) is 19.7 Å². The lowest BCUT2D eigenvalue weighted by Gasteiger charge is -2.38. The number of nitrogens with zero attached hydrogens (tertiary/aromatic N) is 4. The van der Waals surface area contributed by atoms with Crippen LogP contribution in [0.2, 0.25) is 0 Å². The number of carbonyl (C=O) groups excluding carboxylic acids is 1. The molecule has 1 fully saturated rings. The van der Waals surface area contributed by atoms with Crippen LogP contribution >= 0.6 is 0 Å². The summed E-state index contributed by atoms with van der Waals surface area (Å²) in [6.07, 6.45) is 4.69. The zero-order valence-corrected chi connectivity index (χ0v) is 13.9. The molecule has 1 atom stereocenters. The van der Waals surface area contributed by atoms with Gasteiger partial charge in [-0.3, -0.25) is 15.0 Å². The average Bonchev–Trinajstić information content (AvgIpc) is 2.89. The number of carbonyl (C=O) groups is 1. The summed E-state index contributed by atoms with van der Waals surface area (Å²) in [5, 5.41) is 7.28. The number of rotatable bonds is 3. The first-order chi connectivity index (χ1) is 10.5. The second-order valence-electron chi connectivity index (χ2n) is 7.09. The van der Waals surface area contributed by atoms with Gasteiger partial charge in [-0.15, -0.1) is 5.10 Å². The topological polar surface area (TPSA) is 63.1 Å². The monoisotopic (exact) mass is 305 g/mol. The maximum absolute atomic E-state index is 11.8. The summed E-state index contributed by atoms with van der Waals surface area (Å²) in [6.45, 7) is 9.39. The van der Waals surface area contributed by atoms with Gasteiger partial charge in [0.25, 0.3) is 0 Å². The van der Waals surface area contributed by atoms with Gasteiger partial charge >= 0.3 is 0 Å². The van der Waals surface area contributed by atoms with Crippen molar-refractivity contribution in [1.29, 1.82) is 0 Å². The van der Waals surface area contributed by atoms with E-state index in [1.807, 2.05) is 18.5 Å². The van der Waals surface area contributed by atoms with Crippen molar-refractivity contribution in [2.45, 2.75) is 59.0 Å². The summed E-state index contributed by atoms with van der Waals surface area (Å²) in [7, 11) is 0. The first-order valence-electron chi connectivity index (χ1n) is 8.51. The normalized spacial score (nSPS) is 23.5. The fraction of sp³-hybridized carbons (Fsp3) is 0.812. The Morgan fingerprint density at radius 2 is 2.00 bits per heavy atom. The van der Waals surface area contributed by atoms with Crippen molar-refractivity contribution in [3.05, 3.63) is 5.82 Å². The zero-order chi connectivity index (χ0) is 15.7. The van der Waals surface area contributed by atoms with E-state index in [9.17, 15) is 4.79 Å². The Kier molecular flexibility index (Phi) is 4.47. The third-order valence-corrected chi connectivity index (χ3v) is 4.93. The Labute approximate surface area is 132 Å². The largest absolute Gasteiger partial charge is 0.299 e. The molecule has 1 unspecified atom stereocenters. The number of fused-ring (bicyclic) bond motifs is 1. The number of aromatic nitrogens is 3. The highest BCUT2D eigenvalue weighted by Crippen LogP contribution is 2.24. The minimum absolute atomic E-state index is 0.0236. The molecule has 22 heavy (non-hydrogen) atoms. The van der Waals surface area contributed by atoms with Crippen LogP contribution in [0.1, 0.15) is 45.9 Å². The van der Waals surface area contributed by atoms with Gasteiger partial charge in [-0.05, 0) is 38.3 Å². The van der Waals surface area contributed by atoms with Crippen LogP contribution in [0.5, 0.6) is 0 Å². The van der Waals surface area contributed by atoms with Gasteiger partial charge in [-0.1, -0.05) is 20.8 Å². The number of hydrogen-bond donors (Lipinski definition) is 1. The van der Waals surface area contributed by atoms with E-state index in [0.29, 0.717) is 12.0 Å². The fourth-order valence-electron chi connectivity index (χ4n) is 3.29. The van der Waals surface area contributed by atoms with Crippen LogP contribution in [0.4, 0.5) is 5.95 Å². The molecule has 2 aliphatic rings. The summed E-state index contributed by atoms with van der Waals surface area (Å²) in [5.41, 5.74) is 0. The molecular formula is C16H27N5O. The van der Waals surface area contributed by atoms with E-state index in [0.717, 1.165) is 31.1 Å². The van der Waals surface area contributed by atoms with Gasteiger partial charge in [0, 0.05) is 18.4 Å². The fourth-order valence-corrected chi connectivity index (χ4v) is 3.29. The highest BCUT2D eigenvalue weighted by molar-refractivity contribution is 5.90. The third-order valence-electron chi connectivity index (χ3n) is 4.93. The van der Waals surface area contributed by atoms with E-state index in [4.69, 9.17) is 0 Å². The number of hydrogen-bond acceptors (Lipinski definition) is 4. The summed E-state index contributed by atoms with van der Waals surface area (Å²) < 4.78 is 1.99. The first-order valence-corrected chi connectivity index (χ1v) is 8.51. The minimum atomic E-state index is -0.0522. The number of nitrogens with one attached hydrogen (secondary N) is 1. The predicted molar refractivity (Wildman–Crippen MR) is 85.6 cm³/mol. The Morgan fingerprint density at radius 1 is 1.27 bits per heavy atom. The Balaban J connectivity index is 1.63. The Bertz CT molecular complexity index is 531. The molecule has 0 aromatic carbocycles. The molecule has 2 aliphatic heterocycles. The SMILES string of the molecule is CC1CCN(C2CCc3nc(NC(=O)C(C)C)nn3C2)CC1. The Hall–Kier alpha value is -1.43.